The highest BCUT2D eigenvalue weighted by atomic mass is 16.5. The fourth-order valence-corrected chi connectivity index (χ4v) is 2.79. The highest BCUT2D eigenvalue weighted by Gasteiger charge is 2.61. The number of amides is 1. The number of hydrogen-bond acceptors (Lipinski definition) is 2. The molecule has 0 unspecified atom stereocenters. The summed E-state index contributed by atoms with van der Waals surface area (Å²) in [6, 6.07) is 0. The molecule has 17 heavy (non-hydrogen) atoms. The van der Waals surface area contributed by atoms with Gasteiger partial charge in [-0.15, -0.1) is 0 Å². The van der Waals surface area contributed by atoms with Crippen molar-refractivity contribution in [3.63, 3.8) is 0 Å². The molecule has 1 spiro atoms. The summed E-state index contributed by atoms with van der Waals surface area (Å²) in [5.74, 6) is 6.07. The minimum atomic E-state index is -0.835. The van der Waals surface area contributed by atoms with Crippen LogP contribution < -0.4 is 0 Å². The molecule has 92 valence electrons. The van der Waals surface area contributed by atoms with Crippen LogP contribution in [0.5, 0.6) is 0 Å². The molecule has 0 aromatic carbocycles. The third-order valence-electron chi connectivity index (χ3n) is 3.54. The average Bonchev–Trinajstić information content (AvgIpc) is 2.13. The Morgan fingerprint density at radius 3 is 2.47 bits per heavy atom. The van der Waals surface area contributed by atoms with Crippen LogP contribution in [0.2, 0.25) is 0 Å². The van der Waals surface area contributed by atoms with Gasteiger partial charge in [-0.2, -0.15) is 0 Å². The quantitative estimate of drug-likeness (QED) is 0.704. The average molecular weight is 235 g/mol. The van der Waals surface area contributed by atoms with Gasteiger partial charge in [0.15, 0.2) is 0 Å². The molecule has 1 N–H and O–H groups in total. The lowest BCUT2D eigenvalue weighted by Crippen LogP contribution is -2.68. The molecule has 1 saturated carbocycles. The van der Waals surface area contributed by atoms with Crippen molar-refractivity contribution in [2.75, 3.05) is 20.2 Å². The second-order valence-corrected chi connectivity index (χ2v) is 5.22. The van der Waals surface area contributed by atoms with E-state index in [0.29, 0.717) is 13.1 Å². The molecule has 2 aliphatic rings. The van der Waals surface area contributed by atoms with Gasteiger partial charge in [-0.3, -0.25) is 0 Å². The van der Waals surface area contributed by atoms with Gasteiger partial charge < -0.3 is 14.7 Å². The number of methoxy groups -OCH3 is 1. The molecule has 0 atom stereocenters. The lowest BCUT2D eigenvalue weighted by molar-refractivity contribution is -0.166. The standard InChI is InChI=1S/C13H17NO3/c1-10(2)4-5-13(17-3)6-12(7-13)8-14(9-12)11(15)16/h1,6-9H2,2-3H3,(H,15,16). The van der Waals surface area contributed by atoms with E-state index in [1.807, 2.05) is 6.92 Å². The van der Waals surface area contributed by atoms with E-state index in [0.717, 1.165) is 18.4 Å². The van der Waals surface area contributed by atoms with Gasteiger partial charge >= 0.3 is 6.09 Å². The highest BCUT2D eigenvalue weighted by molar-refractivity contribution is 5.66. The number of hydrogen-bond donors (Lipinski definition) is 1. The van der Waals surface area contributed by atoms with Crippen molar-refractivity contribution in [2.24, 2.45) is 5.41 Å². The molecule has 0 radical (unpaired) electrons. The summed E-state index contributed by atoms with van der Waals surface area (Å²) >= 11 is 0. The zero-order valence-electron chi connectivity index (χ0n) is 10.2. The van der Waals surface area contributed by atoms with E-state index in [2.05, 4.69) is 18.4 Å². The number of nitrogens with zero attached hydrogens (tertiary/aromatic N) is 1. The number of ether oxygens (including phenoxy) is 1. The fraction of sp³-hybridized carbons (Fsp3) is 0.615. The lowest BCUT2D eigenvalue weighted by Gasteiger charge is -2.61. The van der Waals surface area contributed by atoms with E-state index in [1.165, 1.54) is 4.90 Å². The van der Waals surface area contributed by atoms with E-state index in [-0.39, 0.29) is 11.0 Å². The molecule has 1 amide bonds. The first-order valence-corrected chi connectivity index (χ1v) is 5.62. The van der Waals surface area contributed by atoms with Gasteiger partial charge in [0, 0.05) is 25.6 Å². The van der Waals surface area contributed by atoms with Crippen molar-refractivity contribution in [1.82, 2.24) is 4.90 Å². The Kier molecular flexibility index (Phi) is 2.67. The summed E-state index contributed by atoms with van der Waals surface area (Å²) in [6.07, 6.45) is 0.805. The summed E-state index contributed by atoms with van der Waals surface area (Å²) in [4.78, 5) is 12.1. The van der Waals surface area contributed by atoms with Crippen LogP contribution in [0.15, 0.2) is 12.2 Å². The van der Waals surface area contributed by atoms with Crippen molar-refractivity contribution in [3.8, 4) is 11.8 Å². The lowest BCUT2D eigenvalue weighted by atomic mass is 9.55. The smallest absolute Gasteiger partial charge is 0.407 e. The first kappa shape index (κ1) is 12.0. The molecule has 4 heteroatoms. The molecule has 1 aliphatic heterocycles. The van der Waals surface area contributed by atoms with Crippen LogP contribution in [-0.4, -0.2) is 41.9 Å². The van der Waals surface area contributed by atoms with Crippen LogP contribution in [0.3, 0.4) is 0 Å². The van der Waals surface area contributed by atoms with Gasteiger partial charge in [-0.25, -0.2) is 4.79 Å². The summed E-state index contributed by atoms with van der Waals surface area (Å²) < 4.78 is 5.47. The van der Waals surface area contributed by atoms with Gasteiger partial charge in [-0.05, 0) is 25.3 Å². The number of carbonyl (C=O) groups is 1. The molecule has 1 heterocycles. The minimum Gasteiger partial charge on any atom is -0.465 e. The van der Waals surface area contributed by atoms with Crippen LogP contribution in [-0.2, 0) is 4.74 Å². The Hall–Kier alpha value is -1.47. The van der Waals surface area contributed by atoms with E-state index in [4.69, 9.17) is 9.84 Å². The van der Waals surface area contributed by atoms with Crippen molar-refractivity contribution < 1.29 is 14.6 Å². The number of allylic oxidation sites excluding steroid dienone is 1. The predicted molar refractivity (Wildman–Crippen MR) is 63.6 cm³/mol. The minimum absolute atomic E-state index is 0.109. The van der Waals surface area contributed by atoms with Crippen molar-refractivity contribution >= 4 is 6.09 Å². The largest absolute Gasteiger partial charge is 0.465 e. The van der Waals surface area contributed by atoms with Gasteiger partial charge in [0.2, 0.25) is 0 Å². The SMILES string of the molecule is C=C(C)C#CC1(OC)CC2(CN(C(=O)O)C2)C1. The zero-order valence-corrected chi connectivity index (χ0v) is 10.2. The van der Waals surface area contributed by atoms with Crippen molar-refractivity contribution in [2.45, 2.75) is 25.4 Å². The topological polar surface area (TPSA) is 49.8 Å². The normalized spacial score (nSPS) is 23.1. The third kappa shape index (κ3) is 2.03. The molecule has 1 saturated heterocycles. The molecular formula is C13H17NO3. The number of likely N-dealkylation sites (tertiary alicyclic amines) is 1. The summed E-state index contributed by atoms with van der Waals surface area (Å²) in [7, 11) is 1.66. The third-order valence-corrected chi connectivity index (χ3v) is 3.54. The Bertz CT molecular complexity index is 416. The van der Waals surface area contributed by atoms with Crippen molar-refractivity contribution in [1.29, 1.82) is 0 Å². The van der Waals surface area contributed by atoms with Crippen LogP contribution in [0.4, 0.5) is 4.79 Å². The van der Waals surface area contributed by atoms with Crippen LogP contribution in [0.1, 0.15) is 19.8 Å². The fourth-order valence-electron chi connectivity index (χ4n) is 2.79. The van der Waals surface area contributed by atoms with E-state index >= 15 is 0 Å². The molecule has 0 aromatic heterocycles. The van der Waals surface area contributed by atoms with Gasteiger partial charge in [0.1, 0.15) is 5.60 Å². The molecule has 2 rings (SSSR count). The summed E-state index contributed by atoms with van der Waals surface area (Å²) in [6.45, 7) is 6.83. The summed E-state index contributed by atoms with van der Waals surface area (Å²) in [5, 5.41) is 8.80. The zero-order chi connectivity index (χ0) is 12.7. The Morgan fingerprint density at radius 1 is 1.47 bits per heavy atom. The first-order chi connectivity index (χ1) is 7.90. The highest BCUT2D eigenvalue weighted by Crippen LogP contribution is 2.55. The molecule has 1 aliphatic carbocycles. The molecule has 0 aromatic rings. The number of rotatable bonds is 1. The Balaban J connectivity index is 1.95. The van der Waals surface area contributed by atoms with Crippen LogP contribution in [0.25, 0.3) is 0 Å². The van der Waals surface area contributed by atoms with Gasteiger partial charge in [0.25, 0.3) is 0 Å². The molecule has 4 nitrogen and oxygen atoms in total. The molecular weight excluding hydrogens is 218 g/mol. The second-order valence-electron chi connectivity index (χ2n) is 5.22. The van der Waals surface area contributed by atoms with Gasteiger partial charge in [0.05, 0.1) is 0 Å². The Morgan fingerprint density at radius 2 is 2.06 bits per heavy atom. The molecule has 2 fully saturated rings. The summed E-state index contributed by atoms with van der Waals surface area (Å²) in [5.41, 5.74) is 0.546. The maximum Gasteiger partial charge on any atom is 0.407 e. The van der Waals surface area contributed by atoms with Crippen LogP contribution >= 0.6 is 0 Å². The maximum absolute atomic E-state index is 10.7. The Labute approximate surface area is 101 Å². The van der Waals surface area contributed by atoms with Gasteiger partial charge in [-0.1, -0.05) is 18.4 Å². The second kappa shape index (κ2) is 3.78. The van der Waals surface area contributed by atoms with E-state index in [1.54, 1.807) is 7.11 Å². The van der Waals surface area contributed by atoms with Crippen molar-refractivity contribution in [3.05, 3.63) is 12.2 Å². The number of carboxylic acid groups (broad SMARTS) is 1. The first-order valence-electron chi connectivity index (χ1n) is 5.62. The van der Waals surface area contributed by atoms with Crippen LogP contribution in [0, 0.1) is 17.3 Å². The predicted octanol–water partition coefficient (Wildman–Crippen LogP) is 1.72. The molecule has 0 bridgehead atoms. The monoisotopic (exact) mass is 235 g/mol. The maximum atomic E-state index is 10.7. The van der Waals surface area contributed by atoms with E-state index < -0.39 is 6.09 Å². The van der Waals surface area contributed by atoms with E-state index in [9.17, 15) is 4.79 Å².